The van der Waals surface area contributed by atoms with Gasteiger partial charge in [0.15, 0.2) is 0 Å². The molecule has 1 aliphatic carbocycles. The molecule has 4 nitrogen and oxygen atoms in total. The molecule has 2 aliphatic rings. The highest BCUT2D eigenvalue weighted by Crippen LogP contribution is 2.46. The van der Waals surface area contributed by atoms with Crippen LogP contribution in [0.2, 0.25) is 19.6 Å². The molecule has 3 atom stereocenters. The predicted molar refractivity (Wildman–Crippen MR) is 130 cm³/mol. The summed E-state index contributed by atoms with van der Waals surface area (Å²) in [5.41, 5.74) is 4.81. The highest BCUT2D eigenvalue weighted by Gasteiger charge is 2.45. The second-order valence-corrected chi connectivity index (χ2v) is 18.1. The Bertz CT molecular complexity index is 1090. The van der Waals surface area contributed by atoms with Gasteiger partial charge in [-0.15, -0.1) is 0 Å². The summed E-state index contributed by atoms with van der Waals surface area (Å²) in [5.74, 6) is 0.358. The molecule has 0 spiro atoms. The third-order valence-corrected chi connectivity index (χ3v) is 10.2. The van der Waals surface area contributed by atoms with Crippen LogP contribution in [0.4, 0.5) is 0 Å². The smallest absolute Gasteiger partial charge is 0.227 e. The van der Waals surface area contributed by atoms with Crippen LogP contribution in [-0.4, -0.2) is 44.4 Å². The summed E-state index contributed by atoms with van der Waals surface area (Å²) in [5, 5.41) is 2.50. The van der Waals surface area contributed by atoms with Gasteiger partial charge in [0.2, 0.25) is 5.91 Å². The minimum Gasteiger partial charge on any atom is -0.288 e. The van der Waals surface area contributed by atoms with Gasteiger partial charge in [-0.2, -0.15) is 0 Å². The van der Waals surface area contributed by atoms with Crippen molar-refractivity contribution < 1.29 is 9.00 Å². The third kappa shape index (κ3) is 3.28. The first-order valence-corrected chi connectivity index (χ1v) is 15.5. The molecule has 1 aromatic heterocycles. The van der Waals surface area contributed by atoms with E-state index < -0.39 is 19.1 Å². The normalized spacial score (nSPS) is 23.5. The lowest BCUT2D eigenvalue weighted by Gasteiger charge is -2.46. The number of benzene rings is 1. The summed E-state index contributed by atoms with van der Waals surface area (Å²) >= 11 is 0. The molecule has 0 bridgehead atoms. The summed E-state index contributed by atoms with van der Waals surface area (Å²) in [4.78, 5) is 12.8. The molecule has 0 N–H and O–H groups in total. The van der Waals surface area contributed by atoms with Gasteiger partial charge in [-0.3, -0.25) is 9.36 Å². The molecule has 1 aromatic carbocycles. The topological polar surface area (TPSA) is 42.3 Å². The molecule has 0 radical (unpaired) electrons. The number of rotatable bonds is 2. The van der Waals surface area contributed by atoms with E-state index in [0.717, 1.165) is 23.9 Å². The van der Waals surface area contributed by atoms with Crippen molar-refractivity contribution in [3.8, 4) is 0 Å². The molecule has 30 heavy (non-hydrogen) atoms. The van der Waals surface area contributed by atoms with Crippen molar-refractivity contribution in [2.75, 3.05) is 6.54 Å². The Kier molecular flexibility index (Phi) is 5.07. The van der Waals surface area contributed by atoms with Crippen LogP contribution in [0.1, 0.15) is 56.0 Å². The van der Waals surface area contributed by atoms with Gasteiger partial charge in [0.05, 0.1) is 18.3 Å². The number of piperidine rings is 1. The molecule has 0 amide bonds. The number of fused-ring (bicyclic) bond motifs is 2. The summed E-state index contributed by atoms with van der Waals surface area (Å²) in [6.07, 6.45) is 1.78. The average Bonchev–Trinajstić information content (AvgIpc) is 2.96. The second-order valence-electron chi connectivity index (χ2n) is 10.9. The molecule has 1 saturated heterocycles. The van der Waals surface area contributed by atoms with Crippen molar-refractivity contribution in [2.24, 2.45) is 0 Å². The first-order chi connectivity index (χ1) is 13.8. The highest BCUT2D eigenvalue weighted by atomic mass is 32.2. The highest BCUT2D eigenvalue weighted by molar-refractivity contribution is 7.84. The van der Waals surface area contributed by atoms with Crippen LogP contribution < -0.4 is 5.32 Å². The van der Waals surface area contributed by atoms with Crippen molar-refractivity contribution in [3.05, 3.63) is 41.5 Å². The van der Waals surface area contributed by atoms with E-state index in [1.165, 1.54) is 21.8 Å². The fourth-order valence-corrected chi connectivity index (χ4v) is 8.97. The van der Waals surface area contributed by atoms with Gasteiger partial charge in [0.1, 0.15) is 11.0 Å². The fourth-order valence-electron chi connectivity index (χ4n) is 5.42. The van der Waals surface area contributed by atoms with E-state index in [4.69, 9.17) is 0 Å². The molecule has 0 unspecified atom stereocenters. The number of hydrogen-bond acceptors (Lipinski definition) is 2. The molecule has 2 heterocycles. The van der Waals surface area contributed by atoms with Crippen LogP contribution >= 0.6 is 0 Å². The van der Waals surface area contributed by atoms with E-state index in [-0.39, 0.29) is 22.6 Å². The molecule has 162 valence electrons. The average molecular weight is 443 g/mol. The third-order valence-electron chi connectivity index (χ3n) is 6.42. The lowest BCUT2D eigenvalue weighted by atomic mass is 9.75. The first kappa shape index (κ1) is 21.7. The van der Waals surface area contributed by atoms with Gasteiger partial charge in [-0.1, -0.05) is 43.9 Å². The van der Waals surface area contributed by atoms with Crippen molar-refractivity contribution in [2.45, 2.75) is 76.9 Å². The van der Waals surface area contributed by atoms with Gasteiger partial charge in [-0.25, -0.2) is 8.51 Å². The molecule has 6 heteroatoms. The van der Waals surface area contributed by atoms with Crippen molar-refractivity contribution in [1.29, 1.82) is 0 Å². The maximum absolute atomic E-state index is 13.5. The van der Waals surface area contributed by atoms with E-state index in [9.17, 15) is 9.00 Å². The number of hydrogen-bond donors (Lipinski definition) is 0. The Morgan fingerprint density at radius 2 is 1.87 bits per heavy atom. The predicted octanol–water partition coefficient (Wildman–Crippen LogP) is 4.58. The maximum Gasteiger partial charge on any atom is 0.227 e. The minimum absolute atomic E-state index is 0.0882. The number of nitrogens with zero attached hydrogens (tertiary/aromatic N) is 2. The summed E-state index contributed by atoms with van der Waals surface area (Å²) in [7, 11) is -2.91. The Morgan fingerprint density at radius 1 is 1.20 bits per heavy atom. The zero-order valence-electron chi connectivity index (χ0n) is 19.3. The second kappa shape index (κ2) is 7.00. The largest absolute Gasteiger partial charge is 0.288 e. The molecule has 4 rings (SSSR count). The van der Waals surface area contributed by atoms with Gasteiger partial charge < -0.3 is 0 Å². The van der Waals surface area contributed by atoms with E-state index in [1.54, 1.807) is 6.92 Å². The Labute approximate surface area is 183 Å². The Balaban J connectivity index is 1.99. The number of aromatic nitrogens is 1. The van der Waals surface area contributed by atoms with Crippen LogP contribution in [0.3, 0.4) is 0 Å². The van der Waals surface area contributed by atoms with Crippen molar-refractivity contribution >= 4 is 41.2 Å². The van der Waals surface area contributed by atoms with Crippen LogP contribution in [0.5, 0.6) is 0 Å². The van der Waals surface area contributed by atoms with Gasteiger partial charge >= 0.3 is 0 Å². The van der Waals surface area contributed by atoms with E-state index in [2.05, 4.69) is 48.7 Å². The maximum atomic E-state index is 13.5. The van der Waals surface area contributed by atoms with E-state index in [1.807, 2.05) is 25.3 Å². The zero-order chi connectivity index (χ0) is 22.2. The summed E-state index contributed by atoms with van der Waals surface area (Å²) < 4.78 is 17.4. The fraction of sp³-hybridized carbons (Fsp3) is 0.542. The van der Waals surface area contributed by atoms with Gasteiger partial charge in [0, 0.05) is 36.1 Å². The standard InChI is InChI=1S/C24H34N2O2SSi/c1-15-12-18-17-10-9-11-20-22(17)19(23(30(6,7)8)26(20)16(2)27)13-21(18)25(14-15)29(28)24(3,4)5/h9-11,18,21H,1,12-14H2,2-8H3/t18-,21-,29-/m1/s1. The zero-order valence-corrected chi connectivity index (χ0v) is 21.2. The van der Waals surface area contributed by atoms with Crippen molar-refractivity contribution in [1.82, 2.24) is 8.87 Å². The number of carbonyl (C=O) groups excluding carboxylic acids is 1. The van der Waals surface area contributed by atoms with Gasteiger partial charge in [-0.05, 0) is 50.8 Å². The molecule has 1 fully saturated rings. The van der Waals surface area contributed by atoms with Crippen LogP contribution in [0.15, 0.2) is 30.4 Å². The quantitative estimate of drug-likeness (QED) is 0.505. The van der Waals surface area contributed by atoms with Crippen LogP contribution in [-0.2, 0) is 17.4 Å². The van der Waals surface area contributed by atoms with Crippen LogP contribution in [0, 0.1) is 0 Å². The Hall–Kier alpha value is -1.50. The van der Waals surface area contributed by atoms with Crippen LogP contribution in [0.25, 0.3) is 10.9 Å². The molecule has 0 saturated carbocycles. The molecular weight excluding hydrogens is 408 g/mol. The lowest BCUT2D eigenvalue weighted by Crippen LogP contribution is -2.53. The minimum atomic E-state index is -1.80. The summed E-state index contributed by atoms with van der Waals surface area (Å²) in [6.45, 7) is 19.7. The molecule has 1 aliphatic heterocycles. The SMILES string of the molecule is C=C1C[C@@H]2c3cccc4c3c(c([Si](C)(C)C)n4C(C)=O)C[C@H]2N([S@](=O)C(C)(C)C)C1. The number of carbonyl (C=O) groups is 1. The van der Waals surface area contributed by atoms with Gasteiger partial charge in [0.25, 0.3) is 0 Å². The molecular formula is C24H34N2O2SSi. The lowest BCUT2D eigenvalue weighted by molar-refractivity contribution is 0.0944. The van der Waals surface area contributed by atoms with E-state index >= 15 is 0 Å². The first-order valence-electron chi connectivity index (χ1n) is 10.8. The van der Waals surface area contributed by atoms with Crippen molar-refractivity contribution in [3.63, 3.8) is 0 Å². The summed E-state index contributed by atoms with van der Waals surface area (Å²) in [6, 6.07) is 6.57. The molecule has 2 aromatic rings. The van der Waals surface area contributed by atoms with E-state index in [0.29, 0.717) is 6.54 Å². The monoisotopic (exact) mass is 442 g/mol. The Morgan fingerprint density at radius 3 is 2.43 bits per heavy atom.